The fourth-order valence-corrected chi connectivity index (χ4v) is 2.02. The van der Waals surface area contributed by atoms with Crippen LogP contribution >= 0.6 is 15.9 Å². The standard InChI is InChI=1S/C13H22BrN3O3/c1-3-7-20-8-4-5-15-11-10-16-17(6-9-19-2)13(18)12(11)14/h10,15H,3-9H2,1-2H3. The molecule has 0 unspecified atom stereocenters. The first-order valence-corrected chi connectivity index (χ1v) is 7.56. The van der Waals surface area contributed by atoms with Gasteiger partial charge in [-0.1, -0.05) is 6.92 Å². The van der Waals surface area contributed by atoms with Crippen LogP contribution in [0.4, 0.5) is 5.69 Å². The molecule has 1 aromatic heterocycles. The smallest absolute Gasteiger partial charge is 0.283 e. The first-order chi connectivity index (χ1) is 9.70. The number of rotatable bonds is 10. The number of methoxy groups -OCH3 is 1. The lowest BCUT2D eigenvalue weighted by molar-refractivity contribution is 0.134. The van der Waals surface area contributed by atoms with Crippen molar-refractivity contribution in [1.29, 1.82) is 0 Å². The summed E-state index contributed by atoms with van der Waals surface area (Å²) in [5.41, 5.74) is 0.549. The first-order valence-electron chi connectivity index (χ1n) is 6.76. The van der Waals surface area contributed by atoms with Gasteiger partial charge in [-0.25, -0.2) is 4.68 Å². The third kappa shape index (κ3) is 5.60. The molecular formula is C13H22BrN3O3. The van der Waals surface area contributed by atoms with Crippen molar-refractivity contribution in [2.24, 2.45) is 0 Å². The zero-order chi connectivity index (χ0) is 14.8. The van der Waals surface area contributed by atoms with E-state index in [1.54, 1.807) is 13.3 Å². The van der Waals surface area contributed by atoms with Crippen LogP contribution in [0, 0.1) is 0 Å². The second kappa shape index (κ2) is 9.90. The molecule has 1 aromatic rings. The van der Waals surface area contributed by atoms with Gasteiger partial charge in [-0.05, 0) is 28.8 Å². The lowest BCUT2D eigenvalue weighted by Crippen LogP contribution is -2.26. The molecule has 0 radical (unpaired) electrons. The topological polar surface area (TPSA) is 65.4 Å². The lowest BCUT2D eigenvalue weighted by Gasteiger charge is -2.10. The fraction of sp³-hybridized carbons (Fsp3) is 0.692. The highest BCUT2D eigenvalue weighted by Crippen LogP contribution is 2.15. The highest BCUT2D eigenvalue weighted by molar-refractivity contribution is 9.10. The van der Waals surface area contributed by atoms with Crippen LogP contribution in [-0.4, -0.2) is 43.3 Å². The predicted octanol–water partition coefficient (Wildman–Crippen LogP) is 1.88. The van der Waals surface area contributed by atoms with Gasteiger partial charge >= 0.3 is 0 Å². The van der Waals surface area contributed by atoms with E-state index in [1.807, 2.05) is 0 Å². The average molecular weight is 348 g/mol. The Kier molecular flexibility index (Phi) is 8.48. The van der Waals surface area contributed by atoms with Crippen LogP contribution in [0.5, 0.6) is 0 Å². The zero-order valence-corrected chi connectivity index (χ0v) is 13.6. The van der Waals surface area contributed by atoms with Gasteiger partial charge in [-0.15, -0.1) is 0 Å². The van der Waals surface area contributed by atoms with Crippen LogP contribution in [0.2, 0.25) is 0 Å². The normalized spacial score (nSPS) is 10.8. The van der Waals surface area contributed by atoms with Gasteiger partial charge in [0.2, 0.25) is 0 Å². The van der Waals surface area contributed by atoms with Crippen LogP contribution in [0.25, 0.3) is 0 Å². The van der Waals surface area contributed by atoms with Gasteiger partial charge in [-0.3, -0.25) is 4.79 Å². The molecule has 0 spiro atoms. The predicted molar refractivity (Wildman–Crippen MR) is 82.3 cm³/mol. The summed E-state index contributed by atoms with van der Waals surface area (Å²) in [6, 6.07) is 0. The molecule has 0 saturated carbocycles. The van der Waals surface area contributed by atoms with Crippen molar-refractivity contribution in [1.82, 2.24) is 9.78 Å². The van der Waals surface area contributed by atoms with Gasteiger partial charge < -0.3 is 14.8 Å². The summed E-state index contributed by atoms with van der Waals surface area (Å²) in [5.74, 6) is 0. The summed E-state index contributed by atoms with van der Waals surface area (Å²) >= 11 is 3.31. The SMILES string of the molecule is CCCOCCCNc1cnn(CCOC)c(=O)c1Br. The molecule has 0 fully saturated rings. The number of halogens is 1. The molecule has 0 aliphatic carbocycles. The van der Waals surface area contributed by atoms with E-state index >= 15 is 0 Å². The zero-order valence-electron chi connectivity index (χ0n) is 12.0. The number of anilines is 1. The van der Waals surface area contributed by atoms with E-state index < -0.39 is 0 Å². The highest BCUT2D eigenvalue weighted by Gasteiger charge is 2.08. The molecule has 0 aromatic carbocycles. The Morgan fingerprint density at radius 2 is 2.20 bits per heavy atom. The number of hydrogen-bond donors (Lipinski definition) is 1. The van der Waals surface area contributed by atoms with Crippen LogP contribution in [0.1, 0.15) is 19.8 Å². The Morgan fingerprint density at radius 1 is 1.40 bits per heavy atom. The minimum absolute atomic E-state index is 0.158. The highest BCUT2D eigenvalue weighted by atomic mass is 79.9. The number of nitrogens with one attached hydrogen (secondary N) is 1. The minimum Gasteiger partial charge on any atom is -0.383 e. The van der Waals surface area contributed by atoms with Gasteiger partial charge in [-0.2, -0.15) is 5.10 Å². The molecular weight excluding hydrogens is 326 g/mol. The Morgan fingerprint density at radius 3 is 2.90 bits per heavy atom. The molecule has 0 amide bonds. The maximum Gasteiger partial charge on any atom is 0.283 e. The minimum atomic E-state index is -0.158. The molecule has 1 N–H and O–H groups in total. The molecule has 0 aliphatic rings. The van der Waals surface area contributed by atoms with Crippen molar-refractivity contribution >= 4 is 21.6 Å². The van der Waals surface area contributed by atoms with Crippen LogP contribution in [0.15, 0.2) is 15.5 Å². The summed E-state index contributed by atoms with van der Waals surface area (Å²) in [5, 5.41) is 7.29. The van der Waals surface area contributed by atoms with Crippen LogP contribution in [0.3, 0.4) is 0 Å². The Labute approximate surface area is 127 Å². The lowest BCUT2D eigenvalue weighted by atomic mass is 10.4. The molecule has 0 aliphatic heterocycles. The third-order valence-corrected chi connectivity index (χ3v) is 3.39. The monoisotopic (exact) mass is 347 g/mol. The van der Waals surface area contributed by atoms with E-state index in [0.29, 0.717) is 23.3 Å². The second-order valence-corrected chi connectivity index (χ2v) is 5.08. The van der Waals surface area contributed by atoms with Crippen LogP contribution < -0.4 is 10.9 Å². The maximum absolute atomic E-state index is 12.0. The average Bonchev–Trinajstić information content (AvgIpc) is 2.46. The molecule has 7 heteroatoms. The van der Waals surface area contributed by atoms with Gasteiger partial charge in [0, 0.05) is 26.9 Å². The summed E-state index contributed by atoms with van der Waals surface area (Å²) < 4.78 is 12.2. The van der Waals surface area contributed by atoms with Crippen molar-refractivity contribution in [3.8, 4) is 0 Å². The number of hydrogen-bond acceptors (Lipinski definition) is 5. The largest absolute Gasteiger partial charge is 0.383 e. The van der Waals surface area contributed by atoms with Crippen molar-refractivity contribution in [3.63, 3.8) is 0 Å². The Hall–Kier alpha value is -0.920. The number of aromatic nitrogens is 2. The van der Waals surface area contributed by atoms with Crippen molar-refractivity contribution < 1.29 is 9.47 Å². The van der Waals surface area contributed by atoms with E-state index in [0.717, 1.165) is 32.6 Å². The van der Waals surface area contributed by atoms with E-state index in [1.165, 1.54) is 4.68 Å². The van der Waals surface area contributed by atoms with E-state index in [4.69, 9.17) is 9.47 Å². The quantitative estimate of drug-likeness (QED) is 0.654. The van der Waals surface area contributed by atoms with Gasteiger partial charge in [0.05, 0.1) is 25.0 Å². The fourth-order valence-electron chi connectivity index (χ4n) is 1.57. The number of ether oxygens (including phenoxy) is 2. The molecule has 1 rings (SSSR count). The molecule has 20 heavy (non-hydrogen) atoms. The second-order valence-electron chi connectivity index (χ2n) is 4.29. The molecule has 1 heterocycles. The molecule has 0 bridgehead atoms. The summed E-state index contributed by atoms with van der Waals surface area (Å²) in [7, 11) is 1.59. The summed E-state index contributed by atoms with van der Waals surface area (Å²) in [4.78, 5) is 12.0. The van der Waals surface area contributed by atoms with E-state index in [2.05, 4.69) is 33.3 Å². The van der Waals surface area contributed by atoms with E-state index in [9.17, 15) is 4.79 Å². The van der Waals surface area contributed by atoms with Gasteiger partial charge in [0.25, 0.3) is 5.56 Å². The molecule has 114 valence electrons. The maximum atomic E-state index is 12.0. The summed E-state index contributed by atoms with van der Waals surface area (Å²) in [6.07, 6.45) is 3.57. The van der Waals surface area contributed by atoms with E-state index in [-0.39, 0.29) is 5.56 Å². The molecule has 6 nitrogen and oxygen atoms in total. The Balaban J connectivity index is 2.47. The first kappa shape index (κ1) is 17.1. The van der Waals surface area contributed by atoms with Gasteiger partial charge in [0.15, 0.2) is 0 Å². The molecule has 0 atom stereocenters. The van der Waals surface area contributed by atoms with Crippen molar-refractivity contribution in [3.05, 3.63) is 21.0 Å². The molecule has 0 saturated heterocycles. The van der Waals surface area contributed by atoms with Crippen molar-refractivity contribution in [2.75, 3.05) is 38.8 Å². The third-order valence-electron chi connectivity index (χ3n) is 2.62. The Bertz CT molecular complexity index is 451. The van der Waals surface area contributed by atoms with Crippen molar-refractivity contribution in [2.45, 2.75) is 26.3 Å². The van der Waals surface area contributed by atoms with Gasteiger partial charge in [0.1, 0.15) is 4.47 Å². The summed E-state index contributed by atoms with van der Waals surface area (Å²) in [6.45, 7) is 5.24. The number of nitrogens with zero attached hydrogens (tertiary/aromatic N) is 2. The van der Waals surface area contributed by atoms with Crippen LogP contribution in [-0.2, 0) is 16.0 Å².